The molecule has 0 aliphatic carbocycles. The lowest BCUT2D eigenvalue weighted by Crippen LogP contribution is -2.45. The zero-order valence-corrected chi connectivity index (χ0v) is 24.5. The maximum Gasteiger partial charge on any atom is 0.333 e. The van der Waals surface area contributed by atoms with Crippen molar-refractivity contribution in [2.24, 2.45) is 0 Å². The second-order valence-corrected chi connectivity index (χ2v) is 10.1. The molecule has 2 atom stereocenters. The topological polar surface area (TPSA) is 97.3 Å². The van der Waals surface area contributed by atoms with Gasteiger partial charge in [-0.05, 0) is 74.6 Å². The number of hydrogen-bond acceptors (Lipinski definition) is 5. The van der Waals surface area contributed by atoms with Crippen LogP contribution in [0.5, 0.6) is 5.75 Å². The number of unbranched alkanes of at least 4 members (excludes halogenated alkanes) is 1. The van der Waals surface area contributed by atoms with E-state index in [4.69, 9.17) is 37.4 Å². The first-order chi connectivity index (χ1) is 18.7. The van der Waals surface area contributed by atoms with Crippen LogP contribution in [0, 0.1) is 0 Å². The Morgan fingerprint density at radius 2 is 1.67 bits per heavy atom. The number of rotatable bonds is 18. The number of carbonyl (C=O) groups excluding carboxylic acids is 1. The van der Waals surface area contributed by atoms with Crippen molar-refractivity contribution in [3.05, 3.63) is 63.6 Å². The van der Waals surface area contributed by atoms with Crippen LogP contribution in [-0.4, -0.2) is 67.1 Å². The van der Waals surface area contributed by atoms with Gasteiger partial charge in [0, 0.05) is 42.3 Å². The van der Waals surface area contributed by atoms with Gasteiger partial charge in [-0.2, -0.15) is 0 Å². The Balaban J connectivity index is 1.80. The van der Waals surface area contributed by atoms with Gasteiger partial charge in [0.25, 0.3) is 0 Å². The fraction of sp³-hybridized carbons (Fsp3) is 0.517. The smallest absolute Gasteiger partial charge is 0.333 e. The van der Waals surface area contributed by atoms with Gasteiger partial charge >= 0.3 is 12.0 Å². The third-order valence-electron chi connectivity index (χ3n) is 6.04. The molecule has 2 aromatic rings. The highest BCUT2D eigenvalue weighted by molar-refractivity contribution is 6.34. The van der Waals surface area contributed by atoms with Crippen LogP contribution in [-0.2, 0) is 27.3 Å². The van der Waals surface area contributed by atoms with Crippen LogP contribution < -0.4 is 10.1 Å². The van der Waals surface area contributed by atoms with Gasteiger partial charge in [0.05, 0.1) is 13.2 Å². The summed E-state index contributed by atoms with van der Waals surface area (Å²) < 4.78 is 16.9. The first-order valence-electron chi connectivity index (χ1n) is 13.4. The monoisotopic (exact) mass is 582 g/mol. The summed E-state index contributed by atoms with van der Waals surface area (Å²) in [5.74, 6) is -0.329. The molecule has 0 saturated carbocycles. The average molecular weight is 584 g/mol. The van der Waals surface area contributed by atoms with E-state index in [0.29, 0.717) is 55.3 Å². The second kappa shape index (κ2) is 17.9. The summed E-state index contributed by atoms with van der Waals surface area (Å²) in [4.78, 5) is 25.9. The maximum absolute atomic E-state index is 12.8. The van der Waals surface area contributed by atoms with E-state index in [1.165, 1.54) is 0 Å². The van der Waals surface area contributed by atoms with Gasteiger partial charge in [-0.25, -0.2) is 9.59 Å². The predicted molar refractivity (Wildman–Crippen MR) is 154 cm³/mol. The lowest BCUT2D eigenvalue weighted by atomic mass is 10.1. The fourth-order valence-electron chi connectivity index (χ4n) is 3.74. The third kappa shape index (κ3) is 12.9. The summed E-state index contributed by atoms with van der Waals surface area (Å²) in [7, 11) is 0. The minimum Gasteiger partial charge on any atom is -0.492 e. The van der Waals surface area contributed by atoms with Gasteiger partial charge in [-0.1, -0.05) is 42.3 Å². The molecule has 0 fully saturated rings. The summed E-state index contributed by atoms with van der Waals surface area (Å²) in [5, 5.41) is 13.5. The zero-order chi connectivity index (χ0) is 28.6. The highest BCUT2D eigenvalue weighted by atomic mass is 35.5. The number of hydrogen-bond donors (Lipinski definition) is 2. The highest BCUT2D eigenvalue weighted by Gasteiger charge is 2.18. The standard InChI is InChI=1S/C29H40Cl2N2O6/c1-4-21(3)32-29(36)33(12-6-7-14-37-20-23-16-24(30)19-25(31)17-23)13-15-39-26-10-8-22(9-11-26)18-27(28(34)35)38-5-2/h8-11,16-17,19,21,27H,4-7,12-15,18,20H2,1-3H3,(H,32,36)(H,34,35). The van der Waals surface area contributed by atoms with Crippen molar-refractivity contribution in [1.29, 1.82) is 0 Å². The molecule has 2 aromatic carbocycles. The van der Waals surface area contributed by atoms with E-state index in [-0.39, 0.29) is 18.5 Å². The summed E-state index contributed by atoms with van der Waals surface area (Å²) in [6, 6.07) is 12.6. The molecular formula is C29H40Cl2N2O6. The molecule has 2 N–H and O–H groups in total. The van der Waals surface area contributed by atoms with E-state index in [1.54, 1.807) is 30.0 Å². The lowest BCUT2D eigenvalue weighted by molar-refractivity contribution is -0.149. The number of halogens is 2. The van der Waals surface area contributed by atoms with Crippen molar-refractivity contribution in [1.82, 2.24) is 10.2 Å². The van der Waals surface area contributed by atoms with Crippen molar-refractivity contribution in [2.45, 2.75) is 65.2 Å². The van der Waals surface area contributed by atoms with Crippen LogP contribution in [0.3, 0.4) is 0 Å². The Morgan fingerprint density at radius 3 is 2.28 bits per heavy atom. The van der Waals surface area contributed by atoms with E-state index in [2.05, 4.69) is 5.32 Å². The van der Waals surface area contributed by atoms with E-state index >= 15 is 0 Å². The van der Waals surface area contributed by atoms with Crippen LogP contribution in [0.15, 0.2) is 42.5 Å². The van der Waals surface area contributed by atoms with Crippen molar-refractivity contribution >= 4 is 35.2 Å². The maximum atomic E-state index is 12.8. The molecule has 39 heavy (non-hydrogen) atoms. The number of carbonyl (C=O) groups is 2. The molecule has 216 valence electrons. The van der Waals surface area contributed by atoms with Crippen molar-refractivity contribution in [3.63, 3.8) is 0 Å². The number of urea groups is 1. The number of nitrogens with zero attached hydrogens (tertiary/aromatic N) is 1. The van der Waals surface area contributed by atoms with Crippen LogP contribution in [0.2, 0.25) is 10.0 Å². The largest absolute Gasteiger partial charge is 0.492 e. The Labute approximate surface area is 241 Å². The minimum absolute atomic E-state index is 0.0765. The zero-order valence-electron chi connectivity index (χ0n) is 23.0. The minimum atomic E-state index is -0.981. The van der Waals surface area contributed by atoms with E-state index in [9.17, 15) is 14.7 Å². The molecule has 0 saturated heterocycles. The van der Waals surface area contributed by atoms with E-state index in [1.807, 2.05) is 38.1 Å². The predicted octanol–water partition coefficient (Wildman–Crippen LogP) is 6.21. The summed E-state index contributed by atoms with van der Waals surface area (Å²) in [6.07, 6.45) is 1.83. The Bertz CT molecular complexity index is 1000. The van der Waals surface area contributed by atoms with Crippen molar-refractivity contribution < 1.29 is 28.9 Å². The summed E-state index contributed by atoms with van der Waals surface area (Å²) in [6.45, 7) is 8.42. The Morgan fingerprint density at radius 1 is 0.974 bits per heavy atom. The number of benzene rings is 2. The number of carboxylic acid groups (broad SMARTS) is 1. The normalized spacial score (nSPS) is 12.5. The molecule has 8 nitrogen and oxygen atoms in total. The van der Waals surface area contributed by atoms with Gasteiger partial charge in [0.15, 0.2) is 6.10 Å². The van der Waals surface area contributed by atoms with Crippen molar-refractivity contribution in [3.8, 4) is 5.75 Å². The second-order valence-electron chi connectivity index (χ2n) is 9.26. The molecule has 0 heterocycles. The third-order valence-corrected chi connectivity index (χ3v) is 6.48. The van der Waals surface area contributed by atoms with E-state index in [0.717, 1.165) is 30.4 Å². The first-order valence-corrected chi connectivity index (χ1v) is 14.1. The molecule has 2 rings (SSSR count). The molecule has 2 amide bonds. The Hall–Kier alpha value is -2.52. The average Bonchev–Trinajstić information content (AvgIpc) is 2.89. The molecule has 2 unspecified atom stereocenters. The Kier molecular flexibility index (Phi) is 15.0. The molecule has 0 aromatic heterocycles. The molecule has 0 aliphatic rings. The molecule has 10 heteroatoms. The highest BCUT2D eigenvalue weighted by Crippen LogP contribution is 2.20. The van der Waals surface area contributed by atoms with Gasteiger partial charge in [-0.15, -0.1) is 0 Å². The molecule has 0 aliphatic heterocycles. The number of amides is 2. The van der Waals surface area contributed by atoms with Crippen LogP contribution >= 0.6 is 23.2 Å². The van der Waals surface area contributed by atoms with Gasteiger partial charge in [0.2, 0.25) is 0 Å². The van der Waals surface area contributed by atoms with Gasteiger partial charge in [0.1, 0.15) is 12.4 Å². The summed E-state index contributed by atoms with van der Waals surface area (Å²) in [5.41, 5.74) is 1.77. The van der Waals surface area contributed by atoms with Crippen LogP contribution in [0.4, 0.5) is 4.79 Å². The van der Waals surface area contributed by atoms with Crippen LogP contribution in [0.1, 0.15) is 51.2 Å². The molecule has 0 radical (unpaired) electrons. The van der Waals surface area contributed by atoms with Gasteiger partial charge < -0.3 is 29.5 Å². The van der Waals surface area contributed by atoms with Gasteiger partial charge in [-0.3, -0.25) is 0 Å². The van der Waals surface area contributed by atoms with Crippen LogP contribution in [0.25, 0.3) is 0 Å². The number of ether oxygens (including phenoxy) is 3. The molecular weight excluding hydrogens is 543 g/mol. The van der Waals surface area contributed by atoms with E-state index < -0.39 is 12.1 Å². The molecule has 0 bridgehead atoms. The summed E-state index contributed by atoms with van der Waals surface area (Å²) >= 11 is 12.1. The number of carboxylic acids is 1. The van der Waals surface area contributed by atoms with Crippen molar-refractivity contribution in [2.75, 3.05) is 32.9 Å². The first kappa shape index (κ1) is 32.7. The fourth-order valence-corrected chi connectivity index (χ4v) is 4.31. The number of aliphatic carboxylic acids is 1. The molecule has 0 spiro atoms. The lowest BCUT2D eigenvalue weighted by Gasteiger charge is -2.25. The SMILES string of the molecule is CCOC(Cc1ccc(OCCN(CCCCOCc2cc(Cl)cc(Cl)c2)C(=O)NC(C)CC)cc1)C(=O)O. The quantitative estimate of drug-likeness (QED) is 0.203. The number of nitrogens with one attached hydrogen (secondary N) is 1.